The van der Waals surface area contributed by atoms with Crippen LogP contribution in [-0.2, 0) is 14.3 Å². The summed E-state index contributed by atoms with van der Waals surface area (Å²) in [6, 6.07) is 0. The second-order valence-corrected chi connectivity index (χ2v) is 5.40. The molecule has 1 fully saturated rings. The van der Waals surface area contributed by atoms with Gasteiger partial charge in [0.1, 0.15) is 6.61 Å². The number of hydrogen-bond donors (Lipinski definition) is 2. The molecule has 19 heavy (non-hydrogen) atoms. The number of nitrogens with zero attached hydrogens (tertiary/aromatic N) is 1. The van der Waals surface area contributed by atoms with Crippen molar-refractivity contribution in [2.24, 2.45) is 5.92 Å². The highest BCUT2D eigenvalue weighted by molar-refractivity contribution is 7.13. The van der Waals surface area contributed by atoms with E-state index in [0.717, 1.165) is 0 Å². The molecule has 7 heteroatoms. The monoisotopic (exact) mass is 284 g/mol. The Hall–Kier alpha value is -1.47. The zero-order valence-corrected chi connectivity index (χ0v) is 11.2. The number of aromatic nitrogens is 1. The number of carboxylic acids is 1. The fourth-order valence-corrected chi connectivity index (χ4v) is 2.66. The average Bonchev–Trinajstić information content (AvgIpc) is 2.89. The van der Waals surface area contributed by atoms with Gasteiger partial charge in [-0.05, 0) is 25.7 Å². The van der Waals surface area contributed by atoms with Crippen LogP contribution < -0.4 is 5.32 Å². The summed E-state index contributed by atoms with van der Waals surface area (Å²) >= 11 is 1.35. The first kappa shape index (κ1) is 14.0. The van der Waals surface area contributed by atoms with Gasteiger partial charge in [-0.3, -0.25) is 14.9 Å². The van der Waals surface area contributed by atoms with E-state index in [1.165, 1.54) is 11.3 Å². The van der Waals surface area contributed by atoms with Crippen molar-refractivity contribution in [1.82, 2.24) is 4.98 Å². The lowest BCUT2D eigenvalue weighted by Crippen LogP contribution is -2.29. The zero-order chi connectivity index (χ0) is 13.7. The van der Waals surface area contributed by atoms with Gasteiger partial charge in [-0.2, -0.15) is 0 Å². The molecule has 1 aromatic rings. The molecule has 0 saturated heterocycles. The zero-order valence-electron chi connectivity index (χ0n) is 10.4. The Bertz CT molecular complexity index is 427. The van der Waals surface area contributed by atoms with E-state index in [4.69, 9.17) is 9.84 Å². The molecular weight excluding hydrogens is 268 g/mol. The van der Waals surface area contributed by atoms with Crippen LogP contribution in [0.3, 0.4) is 0 Å². The van der Waals surface area contributed by atoms with Gasteiger partial charge in [-0.15, -0.1) is 11.3 Å². The largest absolute Gasteiger partial charge is 0.481 e. The van der Waals surface area contributed by atoms with Gasteiger partial charge in [0.2, 0.25) is 0 Å². The first-order valence-electron chi connectivity index (χ1n) is 6.19. The maximum Gasteiger partial charge on any atom is 0.306 e. The number of thiazole rings is 1. The van der Waals surface area contributed by atoms with Crippen LogP contribution in [0.5, 0.6) is 0 Å². The van der Waals surface area contributed by atoms with Crippen LogP contribution in [0.25, 0.3) is 0 Å². The molecule has 1 amide bonds. The highest BCUT2D eigenvalue weighted by Gasteiger charge is 2.26. The first-order chi connectivity index (χ1) is 9.15. The molecule has 1 saturated carbocycles. The Morgan fingerprint density at radius 3 is 2.74 bits per heavy atom. The minimum atomic E-state index is -0.736. The van der Waals surface area contributed by atoms with E-state index in [1.807, 2.05) is 0 Å². The van der Waals surface area contributed by atoms with Gasteiger partial charge in [-0.1, -0.05) is 0 Å². The van der Waals surface area contributed by atoms with Crippen molar-refractivity contribution < 1.29 is 19.4 Å². The van der Waals surface area contributed by atoms with E-state index in [-0.39, 0.29) is 24.5 Å². The van der Waals surface area contributed by atoms with Crippen molar-refractivity contribution >= 4 is 28.3 Å². The molecule has 1 heterocycles. The Balaban J connectivity index is 1.66. The van der Waals surface area contributed by atoms with Crippen molar-refractivity contribution in [3.05, 3.63) is 11.6 Å². The standard InChI is InChI=1S/C12H16N2O4S/c15-10(14-12-13-5-6-19-12)7-18-9-3-1-8(2-4-9)11(16)17/h5-6,8-9H,1-4,7H2,(H,16,17)(H,13,14,15). The SMILES string of the molecule is O=C(COC1CCC(C(=O)O)CC1)Nc1nccs1. The van der Waals surface area contributed by atoms with Crippen molar-refractivity contribution in [2.75, 3.05) is 11.9 Å². The number of anilines is 1. The highest BCUT2D eigenvalue weighted by atomic mass is 32.1. The third-order valence-electron chi connectivity index (χ3n) is 3.15. The summed E-state index contributed by atoms with van der Waals surface area (Å²) in [6.07, 6.45) is 4.23. The summed E-state index contributed by atoms with van der Waals surface area (Å²) in [5.74, 6) is -1.22. The predicted octanol–water partition coefficient (Wildman–Crippen LogP) is 1.74. The van der Waals surface area contributed by atoms with Crippen LogP contribution in [0, 0.1) is 5.92 Å². The smallest absolute Gasteiger partial charge is 0.306 e. The molecule has 104 valence electrons. The fraction of sp³-hybridized carbons (Fsp3) is 0.583. The second-order valence-electron chi connectivity index (χ2n) is 4.51. The minimum Gasteiger partial charge on any atom is -0.481 e. The third-order valence-corrected chi connectivity index (χ3v) is 3.84. The van der Waals surface area contributed by atoms with E-state index in [2.05, 4.69) is 10.3 Å². The molecular formula is C12H16N2O4S. The van der Waals surface area contributed by atoms with Crippen molar-refractivity contribution in [3.63, 3.8) is 0 Å². The predicted molar refractivity (Wildman–Crippen MR) is 70.1 cm³/mol. The minimum absolute atomic E-state index is 0.0119. The molecule has 0 spiro atoms. The van der Waals surface area contributed by atoms with Crippen molar-refractivity contribution in [2.45, 2.75) is 31.8 Å². The molecule has 2 N–H and O–H groups in total. The third kappa shape index (κ3) is 4.29. The number of carbonyl (C=O) groups excluding carboxylic acids is 1. The molecule has 2 rings (SSSR count). The van der Waals surface area contributed by atoms with Crippen LogP contribution in [0.2, 0.25) is 0 Å². The highest BCUT2D eigenvalue weighted by Crippen LogP contribution is 2.26. The number of aliphatic carboxylic acids is 1. The molecule has 0 unspecified atom stereocenters. The van der Waals surface area contributed by atoms with Gasteiger partial charge >= 0.3 is 5.97 Å². The lowest BCUT2D eigenvalue weighted by Gasteiger charge is -2.25. The molecule has 0 atom stereocenters. The summed E-state index contributed by atoms with van der Waals surface area (Å²) in [5.41, 5.74) is 0. The molecule has 0 radical (unpaired) electrons. The number of hydrogen-bond acceptors (Lipinski definition) is 5. The fourth-order valence-electron chi connectivity index (χ4n) is 2.11. The number of amides is 1. The number of nitrogens with one attached hydrogen (secondary N) is 1. The molecule has 0 aromatic carbocycles. The second kappa shape index (κ2) is 6.63. The molecule has 1 aliphatic rings. The maximum atomic E-state index is 11.6. The normalized spacial score (nSPS) is 22.9. The van der Waals surface area contributed by atoms with Gasteiger partial charge in [0, 0.05) is 11.6 Å². The lowest BCUT2D eigenvalue weighted by molar-refractivity contribution is -0.144. The maximum absolute atomic E-state index is 11.6. The van der Waals surface area contributed by atoms with Crippen LogP contribution in [0.4, 0.5) is 5.13 Å². The Labute approximate surface area is 114 Å². The van der Waals surface area contributed by atoms with Crippen molar-refractivity contribution in [3.8, 4) is 0 Å². The van der Waals surface area contributed by atoms with Gasteiger partial charge in [0.05, 0.1) is 12.0 Å². The Morgan fingerprint density at radius 1 is 1.42 bits per heavy atom. The number of carboxylic acid groups (broad SMARTS) is 1. The molecule has 1 aromatic heterocycles. The molecule has 1 aliphatic carbocycles. The summed E-state index contributed by atoms with van der Waals surface area (Å²) in [5, 5.41) is 13.9. The van der Waals surface area contributed by atoms with Gasteiger partial charge in [0.25, 0.3) is 5.91 Å². The summed E-state index contributed by atoms with van der Waals surface area (Å²) in [6.45, 7) is -0.0119. The molecule has 6 nitrogen and oxygen atoms in total. The van der Waals surface area contributed by atoms with Crippen molar-refractivity contribution in [1.29, 1.82) is 0 Å². The van der Waals surface area contributed by atoms with Crippen LogP contribution in [0.15, 0.2) is 11.6 Å². The van der Waals surface area contributed by atoms with Gasteiger partial charge < -0.3 is 9.84 Å². The quantitative estimate of drug-likeness (QED) is 0.859. The number of ether oxygens (including phenoxy) is 1. The Morgan fingerprint density at radius 2 is 2.16 bits per heavy atom. The topological polar surface area (TPSA) is 88.5 Å². The van der Waals surface area contributed by atoms with Crippen LogP contribution >= 0.6 is 11.3 Å². The number of carbonyl (C=O) groups is 2. The summed E-state index contributed by atoms with van der Waals surface area (Å²) < 4.78 is 5.49. The average molecular weight is 284 g/mol. The van der Waals surface area contributed by atoms with E-state index in [9.17, 15) is 9.59 Å². The summed E-state index contributed by atoms with van der Waals surface area (Å²) in [4.78, 5) is 26.3. The van der Waals surface area contributed by atoms with Crippen LogP contribution in [-0.4, -0.2) is 34.7 Å². The van der Waals surface area contributed by atoms with E-state index in [0.29, 0.717) is 30.8 Å². The Kier molecular flexibility index (Phi) is 4.86. The van der Waals surface area contributed by atoms with E-state index >= 15 is 0 Å². The van der Waals surface area contributed by atoms with Gasteiger partial charge in [-0.25, -0.2) is 4.98 Å². The molecule has 0 bridgehead atoms. The van der Waals surface area contributed by atoms with Gasteiger partial charge in [0.15, 0.2) is 5.13 Å². The molecule has 0 aliphatic heterocycles. The first-order valence-corrected chi connectivity index (χ1v) is 7.07. The van der Waals surface area contributed by atoms with E-state index < -0.39 is 5.97 Å². The summed E-state index contributed by atoms with van der Waals surface area (Å²) in [7, 11) is 0. The number of rotatable bonds is 5. The lowest BCUT2D eigenvalue weighted by atomic mass is 9.87. The van der Waals surface area contributed by atoms with Crippen LogP contribution in [0.1, 0.15) is 25.7 Å². The van der Waals surface area contributed by atoms with E-state index in [1.54, 1.807) is 11.6 Å².